The summed E-state index contributed by atoms with van der Waals surface area (Å²) < 4.78 is 10.9. The van der Waals surface area contributed by atoms with Crippen LogP contribution in [0.4, 0.5) is 0 Å². The predicted octanol–water partition coefficient (Wildman–Crippen LogP) is 4.58. The molecule has 4 nitrogen and oxygen atoms in total. The van der Waals surface area contributed by atoms with Crippen molar-refractivity contribution in [2.75, 3.05) is 6.61 Å². The van der Waals surface area contributed by atoms with Gasteiger partial charge in [0.2, 0.25) is 5.90 Å². The average Bonchev–Trinajstić information content (AvgIpc) is 3.02. The second-order valence-corrected chi connectivity index (χ2v) is 5.87. The molecule has 4 rings (SSSR count). The van der Waals surface area contributed by atoms with Gasteiger partial charge in [0.05, 0.1) is 6.61 Å². The highest BCUT2D eigenvalue weighted by molar-refractivity contribution is 6.17. The molecule has 0 aromatic heterocycles. The highest BCUT2D eigenvalue weighted by atomic mass is 16.6. The van der Waals surface area contributed by atoms with Gasteiger partial charge in [-0.25, -0.2) is 9.79 Å². The fourth-order valence-electron chi connectivity index (χ4n) is 2.95. The van der Waals surface area contributed by atoms with Crippen molar-refractivity contribution in [1.82, 2.24) is 0 Å². The lowest BCUT2D eigenvalue weighted by molar-refractivity contribution is -0.129. The van der Waals surface area contributed by atoms with Crippen molar-refractivity contribution in [3.8, 4) is 5.75 Å². The molecule has 0 radical (unpaired) electrons. The van der Waals surface area contributed by atoms with Gasteiger partial charge in [0.25, 0.3) is 0 Å². The minimum absolute atomic E-state index is 0.279. The van der Waals surface area contributed by atoms with E-state index < -0.39 is 5.97 Å². The molecule has 0 fully saturated rings. The summed E-state index contributed by atoms with van der Waals surface area (Å²) >= 11 is 0. The number of rotatable bonds is 4. The van der Waals surface area contributed by atoms with E-state index in [1.165, 1.54) is 0 Å². The molecule has 26 heavy (non-hydrogen) atoms. The summed E-state index contributed by atoms with van der Waals surface area (Å²) in [6.07, 6.45) is 1.71. The van der Waals surface area contributed by atoms with E-state index in [0.29, 0.717) is 12.5 Å². The zero-order valence-electron chi connectivity index (χ0n) is 14.3. The molecule has 0 unspecified atom stereocenters. The van der Waals surface area contributed by atoms with Crippen LogP contribution in [0.15, 0.2) is 77.4 Å². The summed E-state index contributed by atoms with van der Waals surface area (Å²) in [5.74, 6) is 0.639. The highest BCUT2D eigenvalue weighted by Gasteiger charge is 2.25. The van der Waals surface area contributed by atoms with E-state index in [-0.39, 0.29) is 5.70 Å². The van der Waals surface area contributed by atoms with Gasteiger partial charge in [0.1, 0.15) is 5.75 Å². The second-order valence-electron chi connectivity index (χ2n) is 5.87. The zero-order chi connectivity index (χ0) is 17.9. The largest absolute Gasteiger partial charge is 0.494 e. The third kappa shape index (κ3) is 3.09. The van der Waals surface area contributed by atoms with Crippen LogP contribution < -0.4 is 4.74 Å². The van der Waals surface area contributed by atoms with Gasteiger partial charge in [-0.15, -0.1) is 0 Å². The van der Waals surface area contributed by atoms with E-state index in [0.717, 1.165) is 27.6 Å². The first kappa shape index (κ1) is 16.1. The van der Waals surface area contributed by atoms with Crippen LogP contribution >= 0.6 is 0 Å². The summed E-state index contributed by atoms with van der Waals surface area (Å²) in [6, 6.07) is 21.3. The molecule has 0 bridgehead atoms. The first-order valence-electron chi connectivity index (χ1n) is 8.48. The Morgan fingerprint density at radius 3 is 2.73 bits per heavy atom. The molecule has 4 heteroatoms. The number of cyclic esters (lactones) is 1. The Morgan fingerprint density at radius 1 is 1.04 bits per heavy atom. The smallest absolute Gasteiger partial charge is 0.363 e. The molecule has 0 amide bonds. The van der Waals surface area contributed by atoms with Crippen molar-refractivity contribution in [2.45, 2.75) is 6.92 Å². The van der Waals surface area contributed by atoms with Gasteiger partial charge in [-0.2, -0.15) is 0 Å². The fraction of sp³-hybridized carbons (Fsp3) is 0.0909. The van der Waals surface area contributed by atoms with E-state index in [4.69, 9.17) is 9.47 Å². The molecular weight excluding hydrogens is 326 g/mol. The van der Waals surface area contributed by atoms with Crippen molar-refractivity contribution in [2.24, 2.45) is 4.99 Å². The Kier molecular flexibility index (Phi) is 4.23. The number of aliphatic imine (C=N–C) groups is 1. The molecule has 1 aliphatic heterocycles. The molecule has 0 aliphatic carbocycles. The Bertz CT molecular complexity index is 1040. The van der Waals surface area contributed by atoms with Crippen molar-refractivity contribution < 1.29 is 14.3 Å². The lowest BCUT2D eigenvalue weighted by Crippen LogP contribution is -2.05. The minimum Gasteiger partial charge on any atom is -0.494 e. The molecule has 0 N–H and O–H groups in total. The number of carbonyl (C=O) groups excluding carboxylic acids is 1. The number of fused-ring (bicyclic) bond motifs is 1. The van der Waals surface area contributed by atoms with E-state index in [1.54, 1.807) is 6.08 Å². The third-order valence-corrected chi connectivity index (χ3v) is 4.11. The van der Waals surface area contributed by atoms with Crippen LogP contribution in [-0.2, 0) is 9.53 Å². The van der Waals surface area contributed by atoms with Gasteiger partial charge >= 0.3 is 5.97 Å². The van der Waals surface area contributed by atoms with Crippen LogP contribution in [0.3, 0.4) is 0 Å². The molecule has 0 spiro atoms. The molecular formula is C22H17NO3. The van der Waals surface area contributed by atoms with Gasteiger partial charge in [-0.1, -0.05) is 48.5 Å². The molecule has 0 atom stereocenters. The van der Waals surface area contributed by atoms with Crippen molar-refractivity contribution >= 4 is 28.7 Å². The van der Waals surface area contributed by atoms with Gasteiger partial charge in [0.15, 0.2) is 5.70 Å². The monoisotopic (exact) mass is 343 g/mol. The second kappa shape index (κ2) is 6.84. The topological polar surface area (TPSA) is 47.9 Å². The lowest BCUT2D eigenvalue weighted by Gasteiger charge is -2.04. The number of hydrogen-bond donors (Lipinski definition) is 0. The summed E-state index contributed by atoms with van der Waals surface area (Å²) in [5.41, 5.74) is 1.93. The van der Waals surface area contributed by atoms with Crippen LogP contribution in [0.5, 0.6) is 5.75 Å². The maximum Gasteiger partial charge on any atom is 0.363 e. The number of carbonyl (C=O) groups is 1. The maximum atomic E-state index is 12.3. The Labute approximate surface area is 151 Å². The minimum atomic E-state index is -0.449. The fourth-order valence-corrected chi connectivity index (χ4v) is 2.95. The van der Waals surface area contributed by atoms with Gasteiger partial charge < -0.3 is 9.47 Å². The molecule has 128 valence electrons. The van der Waals surface area contributed by atoms with Crippen LogP contribution in [0.25, 0.3) is 16.8 Å². The number of hydrogen-bond acceptors (Lipinski definition) is 4. The summed E-state index contributed by atoms with van der Waals surface area (Å²) in [4.78, 5) is 16.7. The van der Waals surface area contributed by atoms with E-state index in [2.05, 4.69) is 4.99 Å². The van der Waals surface area contributed by atoms with Gasteiger partial charge in [0, 0.05) is 5.56 Å². The first-order valence-corrected chi connectivity index (χ1v) is 8.48. The van der Waals surface area contributed by atoms with E-state index in [1.807, 2.05) is 73.7 Å². The van der Waals surface area contributed by atoms with Crippen molar-refractivity contribution in [3.05, 3.63) is 83.6 Å². The van der Waals surface area contributed by atoms with Crippen molar-refractivity contribution in [3.63, 3.8) is 0 Å². The third-order valence-electron chi connectivity index (χ3n) is 4.11. The van der Waals surface area contributed by atoms with Crippen LogP contribution in [0.2, 0.25) is 0 Å². The zero-order valence-corrected chi connectivity index (χ0v) is 14.3. The maximum absolute atomic E-state index is 12.3. The lowest BCUT2D eigenvalue weighted by atomic mass is 10.0. The Balaban J connectivity index is 1.72. The molecule has 3 aromatic carbocycles. The number of esters is 1. The molecule has 1 heterocycles. The summed E-state index contributed by atoms with van der Waals surface area (Å²) in [7, 11) is 0. The predicted molar refractivity (Wildman–Crippen MR) is 102 cm³/mol. The molecule has 1 aliphatic rings. The van der Waals surface area contributed by atoms with Gasteiger partial charge in [-0.3, -0.25) is 0 Å². The normalized spacial score (nSPS) is 15.2. The first-order chi connectivity index (χ1) is 12.7. The average molecular weight is 343 g/mol. The SMILES string of the molecule is CCOc1cccc(/C=C2/N=C(c3cccc4ccccc34)OC2=O)c1. The molecule has 3 aromatic rings. The Morgan fingerprint density at radius 2 is 1.85 bits per heavy atom. The quantitative estimate of drug-likeness (QED) is 0.514. The van der Waals surface area contributed by atoms with Gasteiger partial charge in [-0.05, 0) is 47.5 Å². The summed E-state index contributed by atoms with van der Waals surface area (Å²) in [5, 5.41) is 2.08. The number of nitrogens with zero attached hydrogens (tertiary/aromatic N) is 1. The number of benzene rings is 3. The molecule has 0 saturated heterocycles. The van der Waals surface area contributed by atoms with Crippen LogP contribution in [0, 0.1) is 0 Å². The van der Waals surface area contributed by atoms with Crippen LogP contribution in [0.1, 0.15) is 18.1 Å². The van der Waals surface area contributed by atoms with Crippen LogP contribution in [-0.4, -0.2) is 18.5 Å². The van der Waals surface area contributed by atoms with E-state index >= 15 is 0 Å². The van der Waals surface area contributed by atoms with E-state index in [9.17, 15) is 4.79 Å². The standard InChI is InChI=1S/C22H17NO3/c1-2-25-17-10-5-7-15(13-17)14-20-22(24)26-21(23-20)19-12-6-9-16-8-3-4-11-18(16)19/h3-14H,2H2,1H3/b20-14+. The highest BCUT2D eigenvalue weighted by Crippen LogP contribution is 2.25. The summed E-state index contributed by atoms with van der Waals surface area (Å²) in [6.45, 7) is 2.52. The van der Waals surface area contributed by atoms with Crippen molar-refractivity contribution in [1.29, 1.82) is 0 Å². The molecule has 0 saturated carbocycles. The Hall–Kier alpha value is -3.40. The number of ether oxygens (including phenoxy) is 2.